The summed E-state index contributed by atoms with van der Waals surface area (Å²) in [6, 6.07) is 3.36. The van der Waals surface area contributed by atoms with Crippen molar-refractivity contribution in [1.82, 2.24) is 5.32 Å². The Morgan fingerprint density at radius 1 is 1.11 bits per heavy atom. The zero-order valence-electron chi connectivity index (χ0n) is 10.8. The Balaban J connectivity index is 3.22. The maximum atomic E-state index is 11.0. The lowest BCUT2D eigenvalue weighted by Crippen LogP contribution is -2.14. The summed E-state index contributed by atoms with van der Waals surface area (Å²) in [4.78, 5) is 11.0. The average molecular weight is 249 g/mol. The zero-order valence-corrected chi connectivity index (χ0v) is 10.8. The van der Waals surface area contributed by atoms with Gasteiger partial charge in [-0.15, -0.1) is 0 Å². The highest BCUT2D eigenvalue weighted by atomic mass is 16.5. The molecule has 1 aromatic rings. The highest BCUT2D eigenvalue weighted by molar-refractivity contribution is 5.93. The molecule has 0 radical (unpaired) electrons. The Hall–Kier alpha value is -2.35. The Kier molecular flexibility index (Phi) is 4.88. The number of amides is 1. The number of methoxy groups -OCH3 is 3. The molecule has 0 aromatic heterocycles. The van der Waals surface area contributed by atoms with Gasteiger partial charge in [-0.1, -0.05) is 5.92 Å². The quantitative estimate of drug-likeness (QED) is 0.805. The number of hydrogen-bond donors (Lipinski definition) is 1. The number of ether oxygens (including phenoxy) is 3. The van der Waals surface area contributed by atoms with Crippen molar-refractivity contribution in [2.24, 2.45) is 0 Å². The van der Waals surface area contributed by atoms with Gasteiger partial charge in [0.1, 0.15) is 0 Å². The van der Waals surface area contributed by atoms with E-state index < -0.39 is 0 Å². The van der Waals surface area contributed by atoms with E-state index in [0.717, 1.165) is 0 Å². The molecule has 0 fully saturated rings. The molecular formula is C13H15NO4. The largest absolute Gasteiger partial charge is 0.493 e. The molecule has 1 amide bonds. The molecule has 96 valence electrons. The van der Waals surface area contributed by atoms with Gasteiger partial charge in [0.05, 0.1) is 21.3 Å². The van der Waals surface area contributed by atoms with Crippen LogP contribution in [0.3, 0.4) is 0 Å². The number of carbonyl (C=O) groups is 1. The van der Waals surface area contributed by atoms with Gasteiger partial charge in [-0.3, -0.25) is 4.79 Å². The predicted molar refractivity (Wildman–Crippen MR) is 67.0 cm³/mol. The average Bonchev–Trinajstić information content (AvgIpc) is 2.43. The molecule has 1 rings (SSSR count). The molecule has 0 heterocycles. The van der Waals surface area contributed by atoms with Gasteiger partial charge >= 0.3 is 0 Å². The molecule has 0 aliphatic rings. The summed E-state index contributed by atoms with van der Waals surface area (Å²) in [5, 5.41) is 2.42. The topological polar surface area (TPSA) is 56.8 Å². The van der Waals surface area contributed by atoms with E-state index >= 15 is 0 Å². The normalized spacial score (nSPS) is 8.89. The molecule has 0 unspecified atom stereocenters. The summed E-state index contributed by atoms with van der Waals surface area (Å²) < 4.78 is 15.5. The van der Waals surface area contributed by atoms with Crippen molar-refractivity contribution in [3.05, 3.63) is 17.7 Å². The van der Waals surface area contributed by atoms with Crippen molar-refractivity contribution < 1.29 is 19.0 Å². The Morgan fingerprint density at radius 2 is 1.67 bits per heavy atom. The van der Waals surface area contributed by atoms with Gasteiger partial charge < -0.3 is 19.5 Å². The second-order valence-corrected chi connectivity index (χ2v) is 3.24. The molecule has 0 aliphatic carbocycles. The van der Waals surface area contributed by atoms with Crippen molar-refractivity contribution in [1.29, 1.82) is 0 Å². The van der Waals surface area contributed by atoms with E-state index in [-0.39, 0.29) is 5.91 Å². The predicted octanol–water partition coefficient (Wildman–Crippen LogP) is 0.810. The van der Waals surface area contributed by atoms with E-state index in [4.69, 9.17) is 14.2 Å². The molecule has 0 spiro atoms. The van der Waals surface area contributed by atoms with Crippen LogP contribution in [0.2, 0.25) is 0 Å². The van der Waals surface area contributed by atoms with Crippen molar-refractivity contribution in [2.45, 2.75) is 0 Å². The van der Waals surface area contributed by atoms with Gasteiger partial charge in [0.2, 0.25) is 5.75 Å². The van der Waals surface area contributed by atoms with E-state index in [1.807, 2.05) is 0 Å². The van der Waals surface area contributed by atoms with Crippen LogP contribution < -0.4 is 19.5 Å². The van der Waals surface area contributed by atoms with E-state index in [2.05, 4.69) is 17.2 Å². The van der Waals surface area contributed by atoms with Crippen LogP contribution in [0.1, 0.15) is 5.56 Å². The summed E-state index contributed by atoms with van der Waals surface area (Å²) in [7, 11) is 6.09. The van der Waals surface area contributed by atoms with Crippen LogP contribution >= 0.6 is 0 Å². The van der Waals surface area contributed by atoms with Gasteiger partial charge in [0, 0.05) is 18.5 Å². The van der Waals surface area contributed by atoms with Crippen molar-refractivity contribution in [3.63, 3.8) is 0 Å². The molecule has 18 heavy (non-hydrogen) atoms. The summed E-state index contributed by atoms with van der Waals surface area (Å²) >= 11 is 0. The molecule has 1 aromatic carbocycles. The Morgan fingerprint density at radius 3 is 2.06 bits per heavy atom. The van der Waals surface area contributed by atoms with Crippen LogP contribution in [-0.4, -0.2) is 34.3 Å². The van der Waals surface area contributed by atoms with Crippen molar-refractivity contribution >= 4 is 5.91 Å². The van der Waals surface area contributed by atoms with Crippen LogP contribution in [0.4, 0.5) is 0 Å². The van der Waals surface area contributed by atoms with E-state index in [9.17, 15) is 4.79 Å². The van der Waals surface area contributed by atoms with Crippen LogP contribution in [-0.2, 0) is 4.79 Å². The zero-order chi connectivity index (χ0) is 13.5. The minimum absolute atomic E-state index is 0.358. The second kappa shape index (κ2) is 6.40. The fraction of sp³-hybridized carbons (Fsp3) is 0.308. The lowest BCUT2D eigenvalue weighted by atomic mass is 10.2. The highest BCUT2D eigenvalue weighted by Gasteiger charge is 2.12. The first-order valence-electron chi connectivity index (χ1n) is 5.20. The van der Waals surface area contributed by atoms with Crippen LogP contribution in [0.25, 0.3) is 0 Å². The first-order chi connectivity index (χ1) is 8.65. The molecule has 0 aliphatic heterocycles. The molecule has 5 nitrogen and oxygen atoms in total. The number of nitrogens with one attached hydrogen (secondary N) is 1. The van der Waals surface area contributed by atoms with Crippen LogP contribution in [0, 0.1) is 11.8 Å². The smallest absolute Gasteiger partial charge is 0.295 e. The maximum absolute atomic E-state index is 11.0. The van der Waals surface area contributed by atoms with E-state index in [0.29, 0.717) is 22.8 Å². The molecule has 5 heteroatoms. The summed E-state index contributed by atoms with van der Waals surface area (Å²) in [6.07, 6.45) is 0. The van der Waals surface area contributed by atoms with Crippen LogP contribution in [0.15, 0.2) is 12.1 Å². The third-order valence-corrected chi connectivity index (χ3v) is 2.21. The number of carbonyl (C=O) groups excluding carboxylic acids is 1. The minimum Gasteiger partial charge on any atom is -0.493 e. The molecular weight excluding hydrogens is 234 g/mol. The van der Waals surface area contributed by atoms with Gasteiger partial charge in [-0.05, 0) is 12.1 Å². The lowest BCUT2D eigenvalue weighted by Gasteiger charge is -2.12. The Labute approximate surface area is 106 Å². The molecule has 0 atom stereocenters. The lowest BCUT2D eigenvalue weighted by molar-refractivity contribution is -0.115. The molecule has 1 N–H and O–H groups in total. The third-order valence-electron chi connectivity index (χ3n) is 2.21. The first-order valence-corrected chi connectivity index (χ1v) is 5.20. The van der Waals surface area contributed by atoms with Gasteiger partial charge in [0.15, 0.2) is 11.5 Å². The second-order valence-electron chi connectivity index (χ2n) is 3.24. The minimum atomic E-state index is -0.358. The fourth-order valence-electron chi connectivity index (χ4n) is 1.34. The van der Waals surface area contributed by atoms with Gasteiger partial charge in [0.25, 0.3) is 5.91 Å². The SMILES string of the molecule is CNC(=O)C#Cc1cc(OC)c(OC)c(OC)c1. The van der Waals surface area contributed by atoms with Gasteiger partial charge in [-0.25, -0.2) is 0 Å². The number of rotatable bonds is 3. The first kappa shape index (κ1) is 13.7. The van der Waals surface area contributed by atoms with Crippen LogP contribution in [0.5, 0.6) is 17.2 Å². The molecule has 0 bridgehead atoms. The number of hydrogen-bond acceptors (Lipinski definition) is 4. The Bertz CT molecular complexity index is 474. The van der Waals surface area contributed by atoms with Crippen molar-refractivity contribution in [2.75, 3.05) is 28.4 Å². The molecule has 0 saturated heterocycles. The maximum Gasteiger partial charge on any atom is 0.295 e. The standard InChI is InChI=1S/C13H15NO4/c1-14-12(15)6-5-9-7-10(16-2)13(18-4)11(8-9)17-3/h7-8H,1-4H3,(H,14,15). The summed E-state index contributed by atoms with van der Waals surface area (Å²) in [5.74, 6) is 6.29. The fourth-order valence-corrected chi connectivity index (χ4v) is 1.34. The van der Waals surface area contributed by atoms with E-state index in [1.165, 1.54) is 28.4 Å². The van der Waals surface area contributed by atoms with Crippen molar-refractivity contribution in [3.8, 4) is 29.1 Å². The summed E-state index contributed by atoms with van der Waals surface area (Å²) in [6.45, 7) is 0. The summed E-state index contributed by atoms with van der Waals surface area (Å²) in [5.41, 5.74) is 0.605. The van der Waals surface area contributed by atoms with E-state index in [1.54, 1.807) is 12.1 Å². The highest BCUT2D eigenvalue weighted by Crippen LogP contribution is 2.37. The monoisotopic (exact) mass is 249 g/mol. The molecule has 0 saturated carbocycles. The number of benzene rings is 1. The van der Waals surface area contributed by atoms with Gasteiger partial charge in [-0.2, -0.15) is 0 Å². The third kappa shape index (κ3) is 3.08.